The van der Waals surface area contributed by atoms with Gasteiger partial charge in [-0.25, -0.2) is 17.8 Å². The molecule has 4 rings (SSSR count). The monoisotopic (exact) mass is 517 g/mol. The molecule has 1 aromatic carbocycles. The molecule has 8 nitrogen and oxygen atoms in total. The first kappa shape index (κ1) is 24.2. The summed E-state index contributed by atoms with van der Waals surface area (Å²) >= 11 is 7.41. The van der Waals surface area contributed by atoms with E-state index in [0.29, 0.717) is 6.47 Å². The first-order valence-corrected chi connectivity index (χ1v) is 13.4. The molecule has 2 aromatic rings. The van der Waals surface area contributed by atoms with Crippen LogP contribution in [0.4, 0.5) is 9.52 Å². The van der Waals surface area contributed by atoms with E-state index in [4.69, 9.17) is 21.1 Å². The number of aromatic nitrogens is 1. The van der Waals surface area contributed by atoms with Crippen molar-refractivity contribution >= 4 is 44.6 Å². The summed E-state index contributed by atoms with van der Waals surface area (Å²) in [5.41, 5.74) is 0. The number of thiazole rings is 1. The van der Waals surface area contributed by atoms with Gasteiger partial charge in [-0.05, 0) is 45.2 Å². The molecular weight excluding hydrogens is 493 g/mol. The summed E-state index contributed by atoms with van der Waals surface area (Å²) in [7, 11) is -2.21. The van der Waals surface area contributed by atoms with E-state index in [1.807, 2.05) is 7.05 Å². The summed E-state index contributed by atoms with van der Waals surface area (Å²) in [6, 6.07) is 2.23. The molecule has 2 aliphatic rings. The van der Waals surface area contributed by atoms with E-state index >= 15 is 0 Å². The van der Waals surface area contributed by atoms with Crippen LogP contribution in [0.2, 0.25) is 5.02 Å². The summed E-state index contributed by atoms with van der Waals surface area (Å²) in [5.74, 6) is -0.862. The van der Waals surface area contributed by atoms with Crippen molar-refractivity contribution in [1.82, 2.24) is 9.88 Å². The molecule has 12 heteroatoms. The van der Waals surface area contributed by atoms with E-state index in [-0.39, 0.29) is 40.2 Å². The van der Waals surface area contributed by atoms with Crippen molar-refractivity contribution in [1.29, 1.82) is 0 Å². The fourth-order valence-electron chi connectivity index (χ4n) is 4.49. The molecule has 2 unspecified atom stereocenters. The fraction of sp³-hybridized carbons (Fsp3) is 0.524. The average molecular weight is 518 g/mol. The highest BCUT2D eigenvalue weighted by Crippen LogP contribution is 2.37. The normalized spacial score (nSPS) is 25.3. The molecular formula is C21H25ClFN3O5S2. The fourth-order valence-corrected chi connectivity index (χ4v) is 6.64. The molecule has 2 aliphatic carbocycles. The highest BCUT2D eigenvalue weighted by atomic mass is 35.5. The Balaban J connectivity index is 1.51. The van der Waals surface area contributed by atoms with Crippen molar-refractivity contribution in [2.45, 2.75) is 67.7 Å². The van der Waals surface area contributed by atoms with Crippen molar-refractivity contribution in [3.63, 3.8) is 0 Å². The number of likely N-dealkylation sites (N-methyl/N-ethyl adjacent to an activating group) is 1. The van der Waals surface area contributed by atoms with Crippen molar-refractivity contribution in [2.24, 2.45) is 0 Å². The maximum Gasteiger partial charge on any atom is 0.293 e. The number of benzene rings is 1. The van der Waals surface area contributed by atoms with E-state index in [0.717, 1.165) is 62.0 Å². The Labute approximate surface area is 201 Å². The summed E-state index contributed by atoms with van der Waals surface area (Å²) in [5, 5.41) is 1.74. The molecule has 0 radical (unpaired) electrons. The summed E-state index contributed by atoms with van der Waals surface area (Å²) in [6.07, 6.45) is 6.43. The van der Waals surface area contributed by atoms with Gasteiger partial charge in [-0.2, -0.15) is 0 Å². The molecule has 0 saturated heterocycles. The second kappa shape index (κ2) is 10.1. The minimum Gasteiger partial charge on any atom is -0.487 e. The van der Waals surface area contributed by atoms with Gasteiger partial charge in [0.15, 0.2) is 5.13 Å². The first-order valence-electron chi connectivity index (χ1n) is 10.7. The van der Waals surface area contributed by atoms with Crippen LogP contribution in [0.5, 0.6) is 5.75 Å². The second-order valence-electron chi connectivity index (χ2n) is 8.24. The molecule has 1 heterocycles. The zero-order chi connectivity index (χ0) is 23.6. The molecule has 2 fully saturated rings. The van der Waals surface area contributed by atoms with Gasteiger partial charge in [-0.3, -0.25) is 14.4 Å². The third-order valence-electron chi connectivity index (χ3n) is 6.33. The summed E-state index contributed by atoms with van der Waals surface area (Å²) in [4.78, 5) is 16.2. The maximum atomic E-state index is 14.9. The molecule has 0 amide bonds. The van der Waals surface area contributed by atoms with Crippen LogP contribution in [-0.2, 0) is 19.6 Å². The van der Waals surface area contributed by atoms with Crippen LogP contribution in [0.1, 0.15) is 38.5 Å². The Morgan fingerprint density at radius 2 is 1.97 bits per heavy atom. The summed E-state index contributed by atoms with van der Waals surface area (Å²) < 4.78 is 53.6. The smallest absolute Gasteiger partial charge is 0.293 e. The van der Waals surface area contributed by atoms with E-state index in [1.165, 1.54) is 6.20 Å². The third-order valence-corrected chi connectivity index (χ3v) is 8.80. The predicted octanol–water partition coefficient (Wildman–Crippen LogP) is 4.06. The van der Waals surface area contributed by atoms with Gasteiger partial charge in [0, 0.05) is 29.7 Å². The number of halogens is 2. The highest BCUT2D eigenvalue weighted by molar-refractivity contribution is 7.93. The highest BCUT2D eigenvalue weighted by Gasteiger charge is 2.41. The van der Waals surface area contributed by atoms with Crippen LogP contribution < -0.4 is 9.46 Å². The van der Waals surface area contributed by atoms with Crippen molar-refractivity contribution in [3.8, 4) is 5.75 Å². The van der Waals surface area contributed by atoms with Crippen LogP contribution in [0, 0.1) is 5.82 Å². The zero-order valence-corrected chi connectivity index (χ0v) is 20.3. The number of sulfonamides is 1. The van der Waals surface area contributed by atoms with Gasteiger partial charge in [0.2, 0.25) is 0 Å². The molecule has 1 N–H and O–H groups in total. The van der Waals surface area contributed by atoms with Crippen molar-refractivity contribution < 1.29 is 27.1 Å². The van der Waals surface area contributed by atoms with Crippen LogP contribution in [-0.4, -0.2) is 56.1 Å². The lowest BCUT2D eigenvalue weighted by molar-refractivity contribution is -0.146. The van der Waals surface area contributed by atoms with Gasteiger partial charge < -0.3 is 9.47 Å². The Hall–Kier alpha value is -1.95. The standard InChI is InChI=1S/C21H25ClFN3O5S2/c1-26(16-6-7-17(16)30-12-27)15-4-2-3-5-18(15)31-19-11-14(23)20(10-13(19)22)33(28,29)25-21-24-8-9-32-21/h8-12,15-18H,2-7H2,1H3,(H,24,25)/t15-,16?,17?,18-/m0/s1. The Kier molecular flexibility index (Phi) is 7.42. The molecule has 1 aromatic heterocycles. The third kappa shape index (κ3) is 5.26. The van der Waals surface area contributed by atoms with E-state index in [2.05, 4.69) is 14.6 Å². The number of hydrogen-bond donors (Lipinski definition) is 1. The average Bonchev–Trinajstić information content (AvgIpc) is 3.26. The molecule has 0 aliphatic heterocycles. The SMILES string of the molecule is CN(C1CCC1OC=O)[C@H]1CCCC[C@@H]1Oc1cc(F)c(S(=O)(=O)Nc2nccs2)cc1Cl. The van der Waals surface area contributed by atoms with Crippen molar-refractivity contribution in [3.05, 3.63) is 34.5 Å². The molecule has 0 bridgehead atoms. The predicted molar refractivity (Wildman–Crippen MR) is 123 cm³/mol. The summed E-state index contributed by atoms with van der Waals surface area (Å²) in [6.45, 7) is 0.487. The molecule has 4 atom stereocenters. The quantitative estimate of drug-likeness (QED) is 0.501. The number of ether oxygens (including phenoxy) is 2. The Bertz CT molecular complexity index is 1090. The molecule has 0 spiro atoms. The number of nitrogens with one attached hydrogen (secondary N) is 1. The maximum absolute atomic E-state index is 14.9. The van der Waals surface area contributed by atoms with Crippen LogP contribution in [0.25, 0.3) is 0 Å². The lowest BCUT2D eigenvalue weighted by Crippen LogP contribution is -2.58. The Morgan fingerprint density at radius 1 is 1.21 bits per heavy atom. The van der Waals surface area contributed by atoms with Gasteiger partial charge in [0.05, 0.1) is 5.02 Å². The van der Waals surface area contributed by atoms with Gasteiger partial charge in [-0.15, -0.1) is 11.3 Å². The second-order valence-corrected chi connectivity index (χ2v) is 11.2. The van der Waals surface area contributed by atoms with Crippen molar-refractivity contribution in [2.75, 3.05) is 11.8 Å². The minimum atomic E-state index is -4.20. The van der Waals surface area contributed by atoms with Gasteiger partial charge >= 0.3 is 0 Å². The topological polar surface area (TPSA) is 97.8 Å². The minimum absolute atomic E-state index is 0.00805. The number of anilines is 1. The van der Waals surface area contributed by atoms with Crippen LogP contribution in [0.15, 0.2) is 28.6 Å². The number of hydrogen-bond acceptors (Lipinski definition) is 8. The largest absolute Gasteiger partial charge is 0.487 e. The van der Waals surface area contributed by atoms with Crippen LogP contribution >= 0.6 is 22.9 Å². The number of nitrogens with zero attached hydrogens (tertiary/aromatic N) is 2. The zero-order valence-electron chi connectivity index (χ0n) is 17.9. The van der Waals surface area contributed by atoms with Crippen LogP contribution in [0.3, 0.4) is 0 Å². The van der Waals surface area contributed by atoms with E-state index in [1.54, 1.807) is 5.38 Å². The van der Waals surface area contributed by atoms with Gasteiger partial charge in [0.25, 0.3) is 16.5 Å². The number of carbonyl (C=O) groups is 1. The molecule has 2 saturated carbocycles. The lowest BCUT2D eigenvalue weighted by Gasteiger charge is -2.47. The van der Waals surface area contributed by atoms with Gasteiger partial charge in [-0.1, -0.05) is 18.0 Å². The number of carbonyl (C=O) groups excluding carboxylic acids is 1. The lowest BCUT2D eigenvalue weighted by atomic mass is 9.83. The van der Waals surface area contributed by atoms with Gasteiger partial charge in [0.1, 0.15) is 28.7 Å². The molecule has 180 valence electrons. The van der Waals surface area contributed by atoms with E-state index < -0.39 is 20.7 Å². The van der Waals surface area contributed by atoms with E-state index in [9.17, 15) is 17.6 Å². The molecule has 33 heavy (non-hydrogen) atoms. The number of rotatable bonds is 9. The first-order chi connectivity index (χ1) is 15.8. The Morgan fingerprint density at radius 3 is 2.64 bits per heavy atom.